The van der Waals surface area contributed by atoms with E-state index in [-0.39, 0.29) is 5.91 Å². The summed E-state index contributed by atoms with van der Waals surface area (Å²) in [6.45, 7) is 7.06. The second-order valence-electron chi connectivity index (χ2n) is 9.06. The number of aryl methyl sites for hydroxylation is 1. The molecule has 2 unspecified atom stereocenters. The maximum Gasteiger partial charge on any atom is 0.325 e. The molecule has 2 aromatic rings. The number of imide groups is 1. The van der Waals surface area contributed by atoms with Crippen molar-refractivity contribution < 1.29 is 9.59 Å². The molecule has 2 aromatic carbocycles. The number of benzene rings is 2. The molecule has 2 saturated heterocycles. The normalized spacial score (nSPS) is 23.5. The molecule has 3 heterocycles. The minimum atomic E-state index is -0.523. The summed E-state index contributed by atoms with van der Waals surface area (Å²) in [6.07, 6.45) is -0.506. The van der Waals surface area contributed by atoms with Crippen molar-refractivity contribution in [1.29, 1.82) is 0 Å². The van der Waals surface area contributed by atoms with Crippen molar-refractivity contribution in [2.24, 2.45) is 4.99 Å². The number of guanidine groups is 1. The summed E-state index contributed by atoms with van der Waals surface area (Å²) in [7, 11) is 1.70. The fourth-order valence-electron chi connectivity index (χ4n) is 4.90. The Kier molecular flexibility index (Phi) is 5.76. The van der Waals surface area contributed by atoms with Gasteiger partial charge in [0.2, 0.25) is 0 Å². The molecule has 0 aliphatic carbocycles. The van der Waals surface area contributed by atoms with E-state index >= 15 is 0 Å². The van der Waals surface area contributed by atoms with E-state index in [1.54, 1.807) is 7.05 Å². The van der Waals surface area contributed by atoms with Crippen LogP contribution in [0.15, 0.2) is 59.6 Å². The van der Waals surface area contributed by atoms with Crippen molar-refractivity contribution in [3.8, 4) is 0 Å². The van der Waals surface area contributed by atoms with Gasteiger partial charge in [-0.1, -0.05) is 60.2 Å². The van der Waals surface area contributed by atoms with E-state index < -0.39 is 18.2 Å². The summed E-state index contributed by atoms with van der Waals surface area (Å²) >= 11 is 0. The van der Waals surface area contributed by atoms with Gasteiger partial charge in [0.1, 0.15) is 0 Å². The molecule has 0 aromatic heterocycles. The van der Waals surface area contributed by atoms with Crippen molar-refractivity contribution in [2.75, 3.05) is 33.2 Å². The highest BCUT2D eigenvalue weighted by Crippen LogP contribution is 2.28. The van der Waals surface area contributed by atoms with Gasteiger partial charge < -0.3 is 14.7 Å². The number of urea groups is 1. The predicted octanol–water partition coefficient (Wildman–Crippen LogP) is 1.86. The molecule has 0 spiro atoms. The molecule has 33 heavy (non-hydrogen) atoms. The summed E-state index contributed by atoms with van der Waals surface area (Å²) < 4.78 is 0. The smallest absolute Gasteiger partial charge is 0.325 e. The van der Waals surface area contributed by atoms with Gasteiger partial charge >= 0.3 is 6.03 Å². The molecule has 5 rings (SSSR count). The molecule has 0 saturated carbocycles. The first-order valence-electron chi connectivity index (χ1n) is 11.5. The minimum Gasteiger partial charge on any atom is -0.340 e. The van der Waals surface area contributed by atoms with Gasteiger partial charge in [0, 0.05) is 46.3 Å². The summed E-state index contributed by atoms with van der Waals surface area (Å²) in [5.74, 6) is 0.528. The van der Waals surface area contributed by atoms with Gasteiger partial charge in [0.25, 0.3) is 5.91 Å². The van der Waals surface area contributed by atoms with Gasteiger partial charge in [-0.2, -0.15) is 0 Å². The summed E-state index contributed by atoms with van der Waals surface area (Å²) in [5, 5.41) is 2.49. The van der Waals surface area contributed by atoms with Crippen LogP contribution in [0.1, 0.15) is 16.7 Å². The highest BCUT2D eigenvalue weighted by molar-refractivity contribution is 6.03. The quantitative estimate of drug-likeness (QED) is 0.776. The monoisotopic (exact) mass is 446 g/mol. The third-order valence-corrected chi connectivity index (χ3v) is 6.68. The van der Waals surface area contributed by atoms with E-state index in [9.17, 15) is 9.59 Å². The SMILES string of the molecule is Cc1cccc(CN2C(N3CCN(Cc4ccccc4)CC3)=NC3C2C(=O)NC(=O)N3C)c1. The standard InChI is InChI=1S/C25H30N6O2/c1-18-7-6-10-20(15-18)17-31-21-22(28(2)25(33)27-23(21)32)26-24(31)30-13-11-29(12-14-30)16-19-8-4-3-5-9-19/h3-10,15,21-22H,11-14,16-17H2,1-2H3,(H,27,32,33). The Morgan fingerprint density at radius 1 is 0.939 bits per heavy atom. The molecule has 2 fully saturated rings. The van der Waals surface area contributed by atoms with E-state index in [0.29, 0.717) is 6.54 Å². The first-order valence-corrected chi connectivity index (χ1v) is 11.5. The number of rotatable bonds is 4. The van der Waals surface area contributed by atoms with Crippen molar-refractivity contribution in [2.45, 2.75) is 32.2 Å². The molecule has 1 N–H and O–H groups in total. The van der Waals surface area contributed by atoms with E-state index in [1.165, 1.54) is 16.0 Å². The lowest BCUT2D eigenvalue weighted by Crippen LogP contribution is -2.64. The number of fused-ring (bicyclic) bond motifs is 1. The van der Waals surface area contributed by atoms with Crippen molar-refractivity contribution in [3.05, 3.63) is 71.3 Å². The molecule has 0 bridgehead atoms. The zero-order valence-corrected chi connectivity index (χ0v) is 19.1. The number of aliphatic imine (C=N–C) groups is 1. The Bertz CT molecular complexity index is 1060. The Hall–Kier alpha value is -3.39. The molecule has 2 atom stereocenters. The Labute approximate surface area is 194 Å². The van der Waals surface area contributed by atoms with E-state index in [4.69, 9.17) is 4.99 Å². The number of likely N-dealkylation sites (N-methyl/N-ethyl adjacent to an activating group) is 1. The number of nitrogens with one attached hydrogen (secondary N) is 1. The van der Waals surface area contributed by atoms with Gasteiger partial charge in [-0.25, -0.2) is 9.79 Å². The largest absolute Gasteiger partial charge is 0.340 e. The van der Waals surface area contributed by atoms with Gasteiger partial charge in [-0.3, -0.25) is 15.0 Å². The van der Waals surface area contributed by atoms with Crippen LogP contribution < -0.4 is 5.32 Å². The zero-order chi connectivity index (χ0) is 22.9. The topological polar surface area (TPSA) is 71.5 Å². The van der Waals surface area contributed by atoms with Crippen LogP contribution in [-0.4, -0.2) is 82.9 Å². The van der Waals surface area contributed by atoms with Crippen LogP contribution in [0, 0.1) is 6.92 Å². The third-order valence-electron chi connectivity index (χ3n) is 6.68. The Morgan fingerprint density at radius 3 is 2.39 bits per heavy atom. The minimum absolute atomic E-state index is 0.280. The summed E-state index contributed by atoms with van der Waals surface area (Å²) in [4.78, 5) is 38.4. The van der Waals surface area contributed by atoms with Crippen molar-refractivity contribution in [1.82, 2.24) is 24.9 Å². The maximum absolute atomic E-state index is 12.9. The average Bonchev–Trinajstić information content (AvgIpc) is 3.18. The number of amides is 3. The lowest BCUT2D eigenvalue weighted by molar-refractivity contribution is -0.127. The van der Waals surface area contributed by atoms with E-state index in [0.717, 1.165) is 44.2 Å². The van der Waals surface area contributed by atoms with Crippen molar-refractivity contribution in [3.63, 3.8) is 0 Å². The number of hydrogen-bond acceptors (Lipinski definition) is 6. The summed E-state index contributed by atoms with van der Waals surface area (Å²) in [5.41, 5.74) is 3.61. The maximum atomic E-state index is 12.9. The fraction of sp³-hybridized carbons (Fsp3) is 0.400. The lowest BCUT2D eigenvalue weighted by atomic mass is 10.1. The van der Waals surface area contributed by atoms with Crippen molar-refractivity contribution >= 4 is 17.9 Å². The molecule has 172 valence electrons. The van der Waals surface area contributed by atoms with Gasteiger partial charge in [0.15, 0.2) is 18.2 Å². The molecule has 0 radical (unpaired) electrons. The van der Waals surface area contributed by atoms with Crippen LogP contribution in [0.5, 0.6) is 0 Å². The zero-order valence-electron chi connectivity index (χ0n) is 19.1. The second-order valence-corrected chi connectivity index (χ2v) is 9.06. The molecular formula is C25H30N6O2. The van der Waals surface area contributed by atoms with E-state index in [1.807, 2.05) is 12.1 Å². The van der Waals surface area contributed by atoms with Gasteiger partial charge in [-0.15, -0.1) is 0 Å². The van der Waals surface area contributed by atoms with Crippen LogP contribution >= 0.6 is 0 Å². The lowest BCUT2D eigenvalue weighted by Gasteiger charge is -2.40. The number of carbonyl (C=O) groups is 2. The second kappa shape index (κ2) is 8.86. The molecule has 3 aliphatic rings. The molecule has 8 heteroatoms. The van der Waals surface area contributed by atoms with Crippen LogP contribution in [-0.2, 0) is 17.9 Å². The Balaban J connectivity index is 1.36. The number of carbonyl (C=O) groups excluding carboxylic acids is 2. The number of piperazine rings is 1. The molecule has 3 aliphatic heterocycles. The first kappa shape index (κ1) is 21.5. The van der Waals surface area contributed by atoms with Gasteiger partial charge in [0.05, 0.1) is 0 Å². The van der Waals surface area contributed by atoms with Crippen LogP contribution in [0.3, 0.4) is 0 Å². The van der Waals surface area contributed by atoms with Crippen LogP contribution in [0.25, 0.3) is 0 Å². The molecular weight excluding hydrogens is 416 g/mol. The highest BCUT2D eigenvalue weighted by atomic mass is 16.2. The number of nitrogens with zero attached hydrogens (tertiary/aromatic N) is 5. The predicted molar refractivity (Wildman–Crippen MR) is 126 cm³/mol. The first-order chi connectivity index (χ1) is 16.0. The fourth-order valence-corrected chi connectivity index (χ4v) is 4.90. The molecule has 8 nitrogen and oxygen atoms in total. The highest BCUT2D eigenvalue weighted by Gasteiger charge is 2.49. The molecule has 3 amide bonds. The van der Waals surface area contributed by atoms with Gasteiger partial charge in [-0.05, 0) is 18.1 Å². The van der Waals surface area contributed by atoms with Crippen LogP contribution in [0.2, 0.25) is 0 Å². The van der Waals surface area contributed by atoms with E-state index in [2.05, 4.69) is 69.4 Å². The third kappa shape index (κ3) is 4.30. The van der Waals surface area contributed by atoms with Crippen LogP contribution in [0.4, 0.5) is 4.79 Å². The number of hydrogen-bond donors (Lipinski definition) is 1. The Morgan fingerprint density at radius 2 is 1.67 bits per heavy atom. The average molecular weight is 447 g/mol. The summed E-state index contributed by atoms with van der Waals surface area (Å²) in [6, 6.07) is 17.9.